The molecule has 3 heteroatoms. The van der Waals surface area contributed by atoms with Gasteiger partial charge in [-0.2, -0.15) is 0 Å². The molecule has 20 heavy (non-hydrogen) atoms. The van der Waals surface area contributed by atoms with Crippen LogP contribution >= 0.6 is 27.3 Å². The summed E-state index contributed by atoms with van der Waals surface area (Å²) in [4.78, 5) is 13.6. The molecule has 1 heterocycles. The van der Waals surface area contributed by atoms with Gasteiger partial charge < -0.3 is 0 Å². The van der Waals surface area contributed by atoms with Gasteiger partial charge in [0.1, 0.15) is 0 Å². The molecule has 0 radical (unpaired) electrons. The first kappa shape index (κ1) is 13.5. The predicted molar refractivity (Wildman–Crippen MR) is 88.9 cm³/mol. The fraction of sp³-hybridized carbons (Fsp3) is 0.118. The molecule has 0 aliphatic carbocycles. The molecule has 3 aromatic rings. The molecule has 1 aromatic heterocycles. The van der Waals surface area contributed by atoms with Crippen LogP contribution in [0.1, 0.15) is 26.4 Å². The maximum Gasteiger partial charge on any atom is 0.203 e. The topological polar surface area (TPSA) is 17.1 Å². The molecule has 100 valence electrons. The summed E-state index contributed by atoms with van der Waals surface area (Å²) >= 11 is 4.99. The highest BCUT2D eigenvalue weighted by atomic mass is 79.9. The number of fused-ring (bicyclic) bond motifs is 1. The second-order valence-electron chi connectivity index (χ2n) is 4.88. The summed E-state index contributed by atoms with van der Waals surface area (Å²) in [5, 5.41) is 2.13. The summed E-state index contributed by atoms with van der Waals surface area (Å²) in [6.45, 7) is 4.00. The van der Waals surface area contributed by atoms with Crippen LogP contribution < -0.4 is 0 Å². The molecule has 0 N–H and O–H groups in total. The van der Waals surface area contributed by atoms with Gasteiger partial charge in [-0.1, -0.05) is 36.4 Å². The van der Waals surface area contributed by atoms with Crippen LogP contribution in [0.2, 0.25) is 0 Å². The van der Waals surface area contributed by atoms with Crippen molar-refractivity contribution in [3.05, 3.63) is 67.8 Å². The Hall–Kier alpha value is -1.45. The zero-order valence-electron chi connectivity index (χ0n) is 11.2. The van der Waals surface area contributed by atoms with Gasteiger partial charge >= 0.3 is 0 Å². The first-order chi connectivity index (χ1) is 9.58. The minimum Gasteiger partial charge on any atom is -0.288 e. The van der Waals surface area contributed by atoms with Gasteiger partial charge in [0.25, 0.3) is 0 Å². The molecule has 0 bridgehead atoms. The zero-order valence-corrected chi connectivity index (χ0v) is 13.6. The summed E-state index contributed by atoms with van der Waals surface area (Å²) in [6, 6.07) is 14.1. The van der Waals surface area contributed by atoms with Gasteiger partial charge in [-0.25, -0.2) is 0 Å². The minimum absolute atomic E-state index is 0.109. The van der Waals surface area contributed by atoms with Crippen molar-refractivity contribution in [3.8, 4) is 0 Å². The first-order valence-electron chi connectivity index (χ1n) is 6.37. The molecule has 0 aliphatic rings. The fourth-order valence-electron chi connectivity index (χ4n) is 2.38. The molecule has 0 amide bonds. The van der Waals surface area contributed by atoms with Crippen LogP contribution in [-0.4, -0.2) is 5.78 Å². The quantitative estimate of drug-likeness (QED) is 0.560. The van der Waals surface area contributed by atoms with Crippen molar-refractivity contribution in [2.24, 2.45) is 0 Å². The number of halogens is 1. The standard InChI is InChI=1S/C17H13BrOS/c1-10-7-8-12-5-3-4-6-13(12)15(10)16(19)14-9-11(2)17(18)20-14/h3-9H,1-2H3. The predicted octanol–water partition coefficient (Wildman–Crippen LogP) is 5.51. The molecule has 3 rings (SSSR count). The molecule has 0 fully saturated rings. The van der Waals surface area contributed by atoms with E-state index in [2.05, 4.69) is 22.0 Å². The molecule has 1 nitrogen and oxygen atoms in total. The van der Waals surface area contributed by atoms with Crippen molar-refractivity contribution >= 4 is 43.8 Å². The van der Waals surface area contributed by atoms with E-state index in [-0.39, 0.29) is 5.78 Å². The van der Waals surface area contributed by atoms with Crippen molar-refractivity contribution in [1.29, 1.82) is 0 Å². The van der Waals surface area contributed by atoms with Crippen molar-refractivity contribution in [1.82, 2.24) is 0 Å². The number of rotatable bonds is 2. The van der Waals surface area contributed by atoms with Gasteiger partial charge in [-0.15, -0.1) is 11.3 Å². The van der Waals surface area contributed by atoms with Crippen LogP contribution in [-0.2, 0) is 0 Å². The third-order valence-electron chi connectivity index (χ3n) is 3.45. The number of hydrogen-bond donors (Lipinski definition) is 0. The molecule has 0 unspecified atom stereocenters. The Kier molecular flexibility index (Phi) is 3.48. The molecular formula is C17H13BrOS. The van der Waals surface area contributed by atoms with Crippen LogP contribution in [0.5, 0.6) is 0 Å². The zero-order chi connectivity index (χ0) is 14.3. The second-order valence-corrected chi connectivity index (χ2v) is 7.25. The van der Waals surface area contributed by atoms with Gasteiger partial charge in [-0.3, -0.25) is 4.79 Å². The summed E-state index contributed by atoms with van der Waals surface area (Å²) in [5.74, 6) is 0.109. The van der Waals surface area contributed by atoms with E-state index in [0.29, 0.717) is 0 Å². The normalized spacial score (nSPS) is 10.9. The average Bonchev–Trinajstić information content (AvgIpc) is 2.78. The maximum absolute atomic E-state index is 12.8. The Morgan fingerprint density at radius 2 is 1.80 bits per heavy atom. The Bertz CT molecular complexity index is 797. The van der Waals surface area contributed by atoms with E-state index < -0.39 is 0 Å². The van der Waals surface area contributed by atoms with E-state index in [1.807, 2.05) is 50.2 Å². The van der Waals surface area contributed by atoms with Crippen LogP contribution in [0.3, 0.4) is 0 Å². The molecule has 0 aliphatic heterocycles. The van der Waals surface area contributed by atoms with Crippen molar-refractivity contribution in [2.75, 3.05) is 0 Å². The smallest absolute Gasteiger partial charge is 0.203 e. The van der Waals surface area contributed by atoms with Crippen molar-refractivity contribution in [3.63, 3.8) is 0 Å². The van der Waals surface area contributed by atoms with Gasteiger partial charge in [-0.05, 0) is 57.7 Å². The molecule has 0 atom stereocenters. The molecule has 2 aromatic carbocycles. The highest BCUT2D eigenvalue weighted by molar-refractivity contribution is 9.11. The summed E-state index contributed by atoms with van der Waals surface area (Å²) in [5.41, 5.74) is 2.95. The molecule has 0 saturated carbocycles. The Labute approximate surface area is 130 Å². The number of carbonyl (C=O) groups is 1. The number of aryl methyl sites for hydroxylation is 2. The van der Waals surface area contributed by atoms with Gasteiger partial charge in [0, 0.05) is 5.56 Å². The lowest BCUT2D eigenvalue weighted by molar-refractivity contribution is 0.104. The van der Waals surface area contributed by atoms with Crippen LogP contribution in [0.15, 0.2) is 46.3 Å². The Morgan fingerprint density at radius 3 is 2.50 bits per heavy atom. The second kappa shape index (κ2) is 5.15. The van der Waals surface area contributed by atoms with Gasteiger partial charge in [0.2, 0.25) is 5.78 Å². The summed E-state index contributed by atoms with van der Waals surface area (Å²) < 4.78 is 1.03. The Morgan fingerprint density at radius 1 is 1.05 bits per heavy atom. The van der Waals surface area contributed by atoms with E-state index in [1.165, 1.54) is 11.3 Å². The van der Waals surface area contributed by atoms with Crippen LogP contribution in [0, 0.1) is 13.8 Å². The summed E-state index contributed by atoms with van der Waals surface area (Å²) in [7, 11) is 0. The lowest BCUT2D eigenvalue weighted by atomic mass is 9.96. The highest BCUT2D eigenvalue weighted by Gasteiger charge is 2.18. The van der Waals surface area contributed by atoms with Crippen molar-refractivity contribution in [2.45, 2.75) is 13.8 Å². The molecule has 0 spiro atoms. The molecular weight excluding hydrogens is 332 g/mol. The maximum atomic E-state index is 12.8. The largest absolute Gasteiger partial charge is 0.288 e. The van der Waals surface area contributed by atoms with Gasteiger partial charge in [0.05, 0.1) is 8.66 Å². The monoisotopic (exact) mass is 344 g/mol. The van der Waals surface area contributed by atoms with E-state index in [0.717, 1.165) is 36.1 Å². The number of thiophene rings is 1. The van der Waals surface area contributed by atoms with E-state index in [9.17, 15) is 4.79 Å². The van der Waals surface area contributed by atoms with Crippen LogP contribution in [0.25, 0.3) is 10.8 Å². The number of hydrogen-bond acceptors (Lipinski definition) is 2. The number of carbonyl (C=O) groups excluding carboxylic acids is 1. The lowest BCUT2D eigenvalue weighted by Gasteiger charge is -2.08. The minimum atomic E-state index is 0.109. The fourth-order valence-corrected chi connectivity index (χ4v) is 3.86. The van der Waals surface area contributed by atoms with E-state index in [4.69, 9.17) is 0 Å². The highest BCUT2D eigenvalue weighted by Crippen LogP contribution is 2.31. The third kappa shape index (κ3) is 2.21. The average molecular weight is 345 g/mol. The van der Waals surface area contributed by atoms with E-state index in [1.54, 1.807) is 0 Å². The van der Waals surface area contributed by atoms with E-state index >= 15 is 0 Å². The first-order valence-corrected chi connectivity index (χ1v) is 7.98. The number of benzene rings is 2. The molecule has 0 saturated heterocycles. The number of ketones is 1. The van der Waals surface area contributed by atoms with Crippen LogP contribution in [0.4, 0.5) is 0 Å². The SMILES string of the molecule is Cc1cc(C(=O)c2c(C)ccc3ccccc23)sc1Br. The Balaban J connectivity index is 2.23. The van der Waals surface area contributed by atoms with Crippen molar-refractivity contribution < 1.29 is 4.79 Å². The lowest BCUT2D eigenvalue weighted by Crippen LogP contribution is -2.02. The van der Waals surface area contributed by atoms with Gasteiger partial charge in [0.15, 0.2) is 0 Å². The summed E-state index contributed by atoms with van der Waals surface area (Å²) in [6.07, 6.45) is 0. The third-order valence-corrected chi connectivity index (χ3v) is 5.58.